The van der Waals surface area contributed by atoms with Crippen molar-refractivity contribution in [3.63, 3.8) is 0 Å². The average Bonchev–Trinajstić information content (AvgIpc) is 2.79. The predicted octanol–water partition coefficient (Wildman–Crippen LogP) is 3.20. The van der Waals surface area contributed by atoms with Crippen LogP contribution in [0.5, 0.6) is 11.5 Å². The standard InChI is InChI=1S/C24H30N6O2/c1-4-30(17(2)3)23(31)19-11-18(12-25)5-6-20(19)32-21-13-27-16-28-22(21)29-14-24(15-29)7-9-26-10-8-24/h5-6,11,13,16-17,26H,4,7-10,14-15H2,1-3H3. The lowest BCUT2D eigenvalue weighted by atomic mass is 9.72. The molecule has 1 spiro atoms. The number of hydrogen-bond acceptors (Lipinski definition) is 7. The fourth-order valence-electron chi connectivity index (χ4n) is 4.68. The summed E-state index contributed by atoms with van der Waals surface area (Å²) in [6.45, 7) is 10.5. The van der Waals surface area contributed by atoms with Gasteiger partial charge in [0, 0.05) is 31.1 Å². The summed E-state index contributed by atoms with van der Waals surface area (Å²) in [6, 6.07) is 7.09. The minimum atomic E-state index is -0.161. The summed E-state index contributed by atoms with van der Waals surface area (Å²) in [7, 11) is 0. The van der Waals surface area contributed by atoms with Gasteiger partial charge in [-0.2, -0.15) is 5.26 Å². The number of rotatable bonds is 6. The first kappa shape index (κ1) is 22.0. The number of nitrogens with one attached hydrogen (secondary N) is 1. The molecule has 32 heavy (non-hydrogen) atoms. The highest BCUT2D eigenvalue weighted by molar-refractivity contribution is 5.97. The number of anilines is 1. The van der Waals surface area contributed by atoms with E-state index in [-0.39, 0.29) is 11.9 Å². The summed E-state index contributed by atoms with van der Waals surface area (Å²) in [6.07, 6.45) is 5.50. The highest BCUT2D eigenvalue weighted by Crippen LogP contribution is 2.43. The number of amides is 1. The van der Waals surface area contributed by atoms with Crippen molar-refractivity contribution in [3.05, 3.63) is 41.9 Å². The molecular formula is C24H30N6O2. The van der Waals surface area contributed by atoms with Crippen molar-refractivity contribution in [1.29, 1.82) is 5.26 Å². The van der Waals surface area contributed by atoms with Crippen LogP contribution >= 0.6 is 0 Å². The number of carbonyl (C=O) groups is 1. The van der Waals surface area contributed by atoms with Crippen LogP contribution in [0.2, 0.25) is 0 Å². The molecule has 0 atom stereocenters. The lowest BCUT2D eigenvalue weighted by Crippen LogP contribution is -2.60. The van der Waals surface area contributed by atoms with Crippen LogP contribution < -0.4 is 15.0 Å². The molecule has 168 valence electrons. The zero-order valence-electron chi connectivity index (χ0n) is 19.0. The number of nitriles is 1. The molecule has 2 aliphatic heterocycles. The molecule has 3 heterocycles. The predicted molar refractivity (Wildman–Crippen MR) is 122 cm³/mol. The lowest BCUT2D eigenvalue weighted by Gasteiger charge is -2.53. The molecule has 1 aromatic heterocycles. The van der Waals surface area contributed by atoms with E-state index in [0.717, 1.165) is 32.0 Å². The first-order valence-electron chi connectivity index (χ1n) is 11.2. The third kappa shape index (κ3) is 4.26. The third-order valence-corrected chi connectivity index (χ3v) is 6.46. The molecule has 2 aliphatic rings. The molecule has 2 aromatic rings. The Morgan fingerprint density at radius 1 is 1.31 bits per heavy atom. The number of piperidine rings is 1. The van der Waals surface area contributed by atoms with Crippen LogP contribution in [-0.2, 0) is 0 Å². The molecule has 0 aliphatic carbocycles. The summed E-state index contributed by atoms with van der Waals surface area (Å²) in [4.78, 5) is 25.9. The Morgan fingerprint density at radius 2 is 2.06 bits per heavy atom. The van der Waals surface area contributed by atoms with Crippen LogP contribution in [0.4, 0.5) is 5.82 Å². The van der Waals surface area contributed by atoms with E-state index < -0.39 is 0 Å². The fourth-order valence-corrected chi connectivity index (χ4v) is 4.68. The molecule has 0 radical (unpaired) electrons. The second-order valence-corrected chi connectivity index (χ2v) is 8.93. The van der Waals surface area contributed by atoms with Crippen molar-refractivity contribution in [2.24, 2.45) is 5.41 Å². The normalized spacial score (nSPS) is 17.0. The lowest BCUT2D eigenvalue weighted by molar-refractivity contribution is 0.0714. The second-order valence-electron chi connectivity index (χ2n) is 8.93. The molecule has 2 fully saturated rings. The van der Waals surface area contributed by atoms with Gasteiger partial charge in [0.2, 0.25) is 0 Å². The number of hydrogen-bond donors (Lipinski definition) is 1. The number of benzene rings is 1. The van der Waals surface area contributed by atoms with E-state index >= 15 is 0 Å². The number of ether oxygens (including phenoxy) is 1. The van der Waals surface area contributed by atoms with Gasteiger partial charge in [0.05, 0.1) is 23.4 Å². The number of carbonyl (C=O) groups excluding carboxylic acids is 1. The summed E-state index contributed by atoms with van der Waals surface area (Å²) >= 11 is 0. The molecule has 1 amide bonds. The maximum Gasteiger partial charge on any atom is 0.257 e. The molecule has 1 aromatic carbocycles. The van der Waals surface area contributed by atoms with Crippen LogP contribution in [-0.4, -0.2) is 59.5 Å². The van der Waals surface area contributed by atoms with Gasteiger partial charge in [0.1, 0.15) is 12.1 Å². The van der Waals surface area contributed by atoms with Crippen LogP contribution in [0.15, 0.2) is 30.7 Å². The molecule has 0 unspecified atom stereocenters. The first-order chi connectivity index (χ1) is 15.5. The van der Waals surface area contributed by atoms with Gasteiger partial charge in [-0.3, -0.25) is 4.79 Å². The van der Waals surface area contributed by atoms with Gasteiger partial charge >= 0.3 is 0 Å². The van der Waals surface area contributed by atoms with Crippen molar-refractivity contribution in [1.82, 2.24) is 20.2 Å². The molecule has 0 bridgehead atoms. The fraction of sp³-hybridized carbons (Fsp3) is 0.500. The van der Waals surface area contributed by atoms with Gasteiger partial charge in [-0.25, -0.2) is 9.97 Å². The quantitative estimate of drug-likeness (QED) is 0.746. The van der Waals surface area contributed by atoms with Crippen LogP contribution in [0.25, 0.3) is 0 Å². The molecule has 8 heteroatoms. The highest BCUT2D eigenvalue weighted by atomic mass is 16.5. The van der Waals surface area contributed by atoms with E-state index in [4.69, 9.17) is 4.74 Å². The van der Waals surface area contributed by atoms with Crippen molar-refractivity contribution >= 4 is 11.7 Å². The van der Waals surface area contributed by atoms with E-state index in [2.05, 4.69) is 26.3 Å². The smallest absolute Gasteiger partial charge is 0.257 e. The maximum absolute atomic E-state index is 13.3. The Balaban J connectivity index is 1.61. The highest BCUT2D eigenvalue weighted by Gasteiger charge is 2.44. The zero-order chi connectivity index (χ0) is 22.7. The molecular weight excluding hydrogens is 404 g/mol. The summed E-state index contributed by atoms with van der Waals surface area (Å²) in [5.74, 6) is 1.50. The summed E-state index contributed by atoms with van der Waals surface area (Å²) in [5, 5.41) is 12.8. The average molecular weight is 435 g/mol. The largest absolute Gasteiger partial charge is 0.451 e. The molecule has 1 N–H and O–H groups in total. The Hall–Kier alpha value is -3.18. The maximum atomic E-state index is 13.3. The Labute approximate surface area is 189 Å². The van der Waals surface area contributed by atoms with E-state index in [1.807, 2.05) is 20.8 Å². The minimum Gasteiger partial charge on any atom is -0.451 e. The Morgan fingerprint density at radius 3 is 2.72 bits per heavy atom. The van der Waals surface area contributed by atoms with Crippen molar-refractivity contribution < 1.29 is 9.53 Å². The molecule has 2 saturated heterocycles. The van der Waals surface area contributed by atoms with Crippen molar-refractivity contribution in [2.75, 3.05) is 37.6 Å². The van der Waals surface area contributed by atoms with Crippen LogP contribution in [0, 0.1) is 16.7 Å². The molecule has 8 nitrogen and oxygen atoms in total. The van der Waals surface area contributed by atoms with Crippen molar-refractivity contribution in [3.8, 4) is 17.6 Å². The van der Waals surface area contributed by atoms with E-state index in [1.54, 1.807) is 29.3 Å². The van der Waals surface area contributed by atoms with Gasteiger partial charge in [-0.1, -0.05) is 0 Å². The van der Waals surface area contributed by atoms with E-state index in [9.17, 15) is 10.1 Å². The van der Waals surface area contributed by atoms with Crippen LogP contribution in [0.1, 0.15) is 49.5 Å². The van der Waals surface area contributed by atoms with E-state index in [1.165, 1.54) is 19.2 Å². The molecule has 4 rings (SSSR count). The third-order valence-electron chi connectivity index (χ3n) is 6.46. The Bertz CT molecular complexity index is 1020. The van der Waals surface area contributed by atoms with Gasteiger partial charge in [-0.15, -0.1) is 0 Å². The minimum absolute atomic E-state index is 0.0315. The first-order valence-corrected chi connectivity index (χ1v) is 11.2. The van der Waals surface area contributed by atoms with Gasteiger partial charge in [-0.05, 0) is 64.9 Å². The SMILES string of the molecule is CCN(C(=O)c1cc(C#N)ccc1Oc1cncnc1N1CC2(CCNCC2)C1)C(C)C. The monoisotopic (exact) mass is 434 g/mol. The topological polar surface area (TPSA) is 94.4 Å². The molecule has 0 saturated carbocycles. The van der Waals surface area contributed by atoms with E-state index in [0.29, 0.717) is 34.6 Å². The second kappa shape index (κ2) is 9.13. The summed E-state index contributed by atoms with van der Waals surface area (Å²) < 4.78 is 6.23. The van der Waals surface area contributed by atoms with Gasteiger partial charge in [0.25, 0.3) is 5.91 Å². The zero-order valence-corrected chi connectivity index (χ0v) is 19.0. The summed E-state index contributed by atoms with van der Waals surface area (Å²) in [5.41, 5.74) is 1.13. The van der Waals surface area contributed by atoms with Crippen LogP contribution in [0.3, 0.4) is 0 Å². The Kier molecular flexibility index (Phi) is 6.28. The number of nitrogens with zero attached hydrogens (tertiary/aromatic N) is 5. The van der Waals surface area contributed by atoms with Gasteiger partial charge < -0.3 is 19.9 Å². The van der Waals surface area contributed by atoms with Gasteiger partial charge in [0.15, 0.2) is 11.6 Å². The van der Waals surface area contributed by atoms with Crippen molar-refractivity contribution in [2.45, 2.75) is 39.7 Å². The number of aromatic nitrogens is 2.